The Morgan fingerprint density at radius 3 is 2.59 bits per heavy atom. The summed E-state index contributed by atoms with van der Waals surface area (Å²) in [5, 5.41) is 10.9. The van der Waals surface area contributed by atoms with E-state index in [-0.39, 0.29) is 5.56 Å². The van der Waals surface area contributed by atoms with Crippen LogP contribution in [-0.4, -0.2) is 24.7 Å². The number of benzene rings is 2. The van der Waals surface area contributed by atoms with Crippen LogP contribution in [0, 0.1) is 0 Å². The molecule has 0 fully saturated rings. The Morgan fingerprint density at radius 1 is 1.03 bits per heavy atom. The Labute approximate surface area is 193 Å². The first-order valence-electron chi connectivity index (χ1n) is 10.1. The van der Waals surface area contributed by atoms with Crippen molar-refractivity contribution in [3.8, 4) is 22.5 Å². The molecule has 1 N–H and O–H groups in total. The smallest absolute Gasteiger partial charge is 0.263 e. The van der Waals surface area contributed by atoms with E-state index in [1.807, 2.05) is 66.1 Å². The summed E-state index contributed by atoms with van der Waals surface area (Å²) in [4.78, 5) is 21.0. The first-order chi connectivity index (χ1) is 15.7. The lowest BCUT2D eigenvalue weighted by Crippen LogP contribution is -2.11. The SMILES string of the molecule is CCn1c(Sc2c(-c3ccccc3)c3ccc(Cl)cc3[nH]c2=O)nnc1-c1cccnc1. The fraction of sp³-hybridized carbons (Fsp3) is 0.0833. The maximum Gasteiger partial charge on any atom is 0.263 e. The highest BCUT2D eigenvalue weighted by Gasteiger charge is 2.20. The summed E-state index contributed by atoms with van der Waals surface area (Å²) in [5.41, 5.74) is 3.16. The third-order valence-electron chi connectivity index (χ3n) is 5.14. The second-order valence-corrected chi connectivity index (χ2v) is 8.52. The van der Waals surface area contributed by atoms with E-state index in [0.29, 0.717) is 33.0 Å². The molecule has 0 spiro atoms. The van der Waals surface area contributed by atoms with Gasteiger partial charge in [-0.25, -0.2) is 0 Å². The zero-order chi connectivity index (χ0) is 22.1. The minimum atomic E-state index is -0.197. The molecule has 0 saturated carbocycles. The van der Waals surface area contributed by atoms with Crippen LogP contribution in [-0.2, 0) is 6.54 Å². The van der Waals surface area contributed by atoms with Gasteiger partial charge >= 0.3 is 0 Å². The molecule has 6 nitrogen and oxygen atoms in total. The molecule has 0 bridgehead atoms. The van der Waals surface area contributed by atoms with Crippen LogP contribution in [0.1, 0.15) is 6.92 Å². The van der Waals surface area contributed by atoms with E-state index in [2.05, 4.69) is 20.2 Å². The average Bonchev–Trinajstić information content (AvgIpc) is 3.23. The first-order valence-corrected chi connectivity index (χ1v) is 11.3. The topological polar surface area (TPSA) is 76.5 Å². The number of hydrogen-bond acceptors (Lipinski definition) is 5. The number of halogens is 1. The molecule has 0 unspecified atom stereocenters. The summed E-state index contributed by atoms with van der Waals surface area (Å²) in [6.07, 6.45) is 3.48. The number of nitrogens with zero attached hydrogens (tertiary/aromatic N) is 4. The number of hydrogen-bond donors (Lipinski definition) is 1. The van der Waals surface area contributed by atoms with Crippen LogP contribution in [0.25, 0.3) is 33.4 Å². The van der Waals surface area contributed by atoms with E-state index in [0.717, 1.165) is 22.1 Å². The lowest BCUT2D eigenvalue weighted by Gasteiger charge is -2.13. The van der Waals surface area contributed by atoms with Crippen molar-refractivity contribution < 1.29 is 0 Å². The molecule has 5 rings (SSSR count). The standard InChI is InChI=1S/C24H18ClN5OS/c1-2-30-22(16-9-6-12-26-14-16)28-29-24(30)32-21-20(15-7-4-3-5-8-15)18-11-10-17(25)13-19(18)27-23(21)31/h3-14H,2H2,1H3,(H,27,31). The van der Waals surface area contributed by atoms with Crippen molar-refractivity contribution in [3.05, 3.63) is 88.4 Å². The van der Waals surface area contributed by atoms with Crippen LogP contribution in [0.5, 0.6) is 0 Å². The van der Waals surface area contributed by atoms with E-state index >= 15 is 0 Å². The highest BCUT2D eigenvalue weighted by atomic mass is 35.5. The average molecular weight is 460 g/mol. The molecule has 8 heteroatoms. The van der Waals surface area contributed by atoms with Crippen LogP contribution in [0.3, 0.4) is 0 Å². The Bertz CT molecular complexity index is 1470. The second kappa shape index (κ2) is 8.61. The molecule has 2 aromatic carbocycles. The third-order valence-corrected chi connectivity index (χ3v) is 6.45. The van der Waals surface area contributed by atoms with Crippen LogP contribution in [0.4, 0.5) is 0 Å². The van der Waals surface area contributed by atoms with Gasteiger partial charge in [-0.15, -0.1) is 10.2 Å². The highest BCUT2D eigenvalue weighted by Crippen LogP contribution is 2.38. The van der Waals surface area contributed by atoms with Gasteiger partial charge in [-0.3, -0.25) is 9.78 Å². The predicted molar refractivity (Wildman–Crippen MR) is 128 cm³/mol. The molecule has 0 aliphatic rings. The number of pyridine rings is 2. The maximum atomic E-state index is 13.2. The monoisotopic (exact) mass is 459 g/mol. The predicted octanol–water partition coefficient (Wildman–Crippen LogP) is 5.67. The van der Waals surface area contributed by atoms with Gasteiger partial charge in [0, 0.05) is 40.5 Å². The number of aromatic amines is 1. The summed E-state index contributed by atoms with van der Waals surface area (Å²) >= 11 is 7.50. The number of fused-ring (bicyclic) bond motifs is 1. The normalized spacial score (nSPS) is 11.2. The second-order valence-electron chi connectivity index (χ2n) is 7.11. The van der Waals surface area contributed by atoms with Gasteiger partial charge in [0.15, 0.2) is 11.0 Å². The van der Waals surface area contributed by atoms with E-state index in [4.69, 9.17) is 11.6 Å². The van der Waals surface area contributed by atoms with Gasteiger partial charge in [-0.05, 0) is 48.5 Å². The number of rotatable bonds is 5. The zero-order valence-electron chi connectivity index (χ0n) is 17.1. The van der Waals surface area contributed by atoms with E-state index in [1.54, 1.807) is 18.5 Å². The molecule has 5 aromatic rings. The summed E-state index contributed by atoms with van der Waals surface area (Å²) < 4.78 is 1.99. The van der Waals surface area contributed by atoms with Crippen molar-refractivity contribution in [1.82, 2.24) is 24.7 Å². The molecule has 0 aliphatic carbocycles. The summed E-state index contributed by atoms with van der Waals surface area (Å²) in [6.45, 7) is 2.68. The van der Waals surface area contributed by atoms with Crippen molar-refractivity contribution >= 4 is 34.3 Å². The minimum absolute atomic E-state index is 0.197. The molecular weight excluding hydrogens is 442 g/mol. The summed E-state index contributed by atoms with van der Waals surface area (Å²) in [7, 11) is 0. The Kier molecular flexibility index (Phi) is 5.51. The Balaban J connectivity index is 1.71. The molecule has 0 saturated heterocycles. The van der Waals surface area contributed by atoms with Crippen LogP contribution < -0.4 is 5.56 Å². The van der Waals surface area contributed by atoms with Crippen LogP contribution in [0.15, 0.2) is 87.9 Å². The summed E-state index contributed by atoms with van der Waals surface area (Å²) in [6, 6.07) is 19.2. The molecular formula is C24H18ClN5OS. The van der Waals surface area contributed by atoms with Crippen LogP contribution in [0.2, 0.25) is 5.02 Å². The lowest BCUT2D eigenvalue weighted by molar-refractivity contribution is 0.687. The molecule has 0 radical (unpaired) electrons. The van der Waals surface area contributed by atoms with Crippen molar-refractivity contribution in [1.29, 1.82) is 0 Å². The lowest BCUT2D eigenvalue weighted by atomic mass is 10.0. The van der Waals surface area contributed by atoms with Crippen molar-refractivity contribution in [2.75, 3.05) is 0 Å². The molecule has 0 atom stereocenters. The van der Waals surface area contributed by atoms with Crippen LogP contribution >= 0.6 is 23.4 Å². The minimum Gasteiger partial charge on any atom is -0.321 e. The summed E-state index contributed by atoms with van der Waals surface area (Å²) in [5.74, 6) is 0.716. The highest BCUT2D eigenvalue weighted by molar-refractivity contribution is 7.99. The van der Waals surface area contributed by atoms with Crippen molar-refractivity contribution in [3.63, 3.8) is 0 Å². The molecule has 3 aromatic heterocycles. The largest absolute Gasteiger partial charge is 0.321 e. The van der Waals surface area contributed by atoms with Gasteiger partial charge in [0.1, 0.15) is 0 Å². The van der Waals surface area contributed by atoms with E-state index in [1.165, 1.54) is 11.8 Å². The number of H-pyrrole nitrogens is 1. The van der Waals surface area contributed by atoms with Gasteiger partial charge in [0.25, 0.3) is 5.56 Å². The quantitative estimate of drug-likeness (QED) is 0.366. The third kappa shape index (κ3) is 3.70. The number of nitrogens with one attached hydrogen (secondary N) is 1. The van der Waals surface area contributed by atoms with Crippen molar-refractivity contribution in [2.45, 2.75) is 23.5 Å². The van der Waals surface area contributed by atoms with E-state index < -0.39 is 0 Å². The van der Waals surface area contributed by atoms with Gasteiger partial charge < -0.3 is 9.55 Å². The van der Waals surface area contributed by atoms with Gasteiger partial charge in [0.2, 0.25) is 0 Å². The maximum absolute atomic E-state index is 13.2. The molecule has 3 heterocycles. The van der Waals surface area contributed by atoms with Gasteiger partial charge in [-0.2, -0.15) is 0 Å². The molecule has 0 aliphatic heterocycles. The molecule has 32 heavy (non-hydrogen) atoms. The Hall–Kier alpha value is -3.42. The van der Waals surface area contributed by atoms with E-state index in [9.17, 15) is 4.79 Å². The van der Waals surface area contributed by atoms with Crippen molar-refractivity contribution in [2.24, 2.45) is 0 Å². The van der Waals surface area contributed by atoms with Gasteiger partial charge in [0.05, 0.1) is 10.4 Å². The number of aromatic nitrogens is 5. The Morgan fingerprint density at radius 2 is 1.84 bits per heavy atom. The fourth-order valence-corrected chi connectivity index (χ4v) is 4.93. The molecule has 158 valence electrons. The van der Waals surface area contributed by atoms with Gasteiger partial charge in [-0.1, -0.05) is 48.0 Å². The zero-order valence-corrected chi connectivity index (χ0v) is 18.7. The molecule has 0 amide bonds. The fourth-order valence-electron chi connectivity index (χ4n) is 3.69. The first kappa shape index (κ1) is 20.5.